The molecule has 0 bridgehead atoms. The number of hydrogen-bond donors (Lipinski definition) is 0. The largest absolute Gasteiger partial charge is 0.310 e. The zero-order valence-corrected chi connectivity index (χ0v) is 43.2. The van der Waals surface area contributed by atoms with Crippen molar-refractivity contribution in [2.45, 2.75) is 19.3 Å². The maximum Gasteiger partial charge on any atom is 0.0488 e. The third kappa shape index (κ3) is 8.05. The van der Waals surface area contributed by atoms with Gasteiger partial charge in [-0.3, -0.25) is 0 Å². The Hall–Kier alpha value is -9.28. The van der Waals surface area contributed by atoms with Gasteiger partial charge in [0.25, 0.3) is 0 Å². The fourth-order valence-electron chi connectivity index (χ4n) is 11.7. The zero-order chi connectivity index (χ0) is 50.7. The number of anilines is 6. The van der Waals surface area contributed by atoms with Gasteiger partial charge in [-0.25, -0.2) is 0 Å². The van der Waals surface area contributed by atoms with Crippen LogP contribution in [-0.4, -0.2) is 0 Å². The Balaban J connectivity index is 1.04. The molecule has 0 radical (unpaired) electrons. The highest BCUT2D eigenvalue weighted by Gasteiger charge is 2.36. The second-order valence-corrected chi connectivity index (χ2v) is 21.7. The molecule has 0 saturated carbocycles. The van der Waals surface area contributed by atoms with Gasteiger partial charge in [-0.1, -0.05) is 190 Å². The first-order valence-electron chi connectivity index (χ1n) is 26.2. The summed E-state index contributed by atoms with van der Waals surface area (Å²) in [6.45, 7) is 4.79. The van der Waals surface area contributed by atoms with E-state index in [9.17, 15) is 0 Å². The summed E-state index contributed by atoms with van der Waals surface area (Å²) in [6.07, 6.45) is 0. The van der Waals surface area contributed by atoms with E-state index in [4.69, 9.17) is 0 Å². The number of benzene rings is 12. The van der Waals surface area contributed by atoms with Crippen LogP contribution in [0.25, 0.3) is 86.6 Å². The average molecular weight is 989 g/mol. The van der Waals surface area contributed by atoms with Crippen molar-refractivity contribution in [3.05, 3.63) is 290 Å². The Morgan fingerprint density at radius 2 is 0.724 bits per heavy atom. The van der Waals surface area contributed by atoms with Crippen molar-refractivity contribution < 1.29 is 0 Å². The molecule has 2 nitrogen and oxygen atoms in total. The Morgan fingerprint density at radius 3 is 1.39 bits per heavy atom. The van der Waals surface area contributed by atoms with E-state index >= 15 is 0 Å². The quantitative estimate of drug-likeness (QED) is 0.135. The molecule has 12 aromatic carbocycles. The lowest BCUT2D eigenvalue weighted by Gasteiger charge is -2.31. The first-order valence-corrected chi connectivity index (χ1v) is 27.0. The molecule has 1 aliphatic rings. The summed E-state index contributed by atoms with van der Waals surface area (Å²) in [7, 11) is 0. The third-order valence-electron chi connectivity index (χ3n) is 15.5. The zero-order valence-electron chi connectivity index (χ0n) is 42.4. The van der Waals surface area contributed by atoms with Gasteiger partial charge in [0.15, 0.2) is 0 Å². The molecule has 76 heavy (non-hydrogen) atoms. The van der Waals surface area contributed by atoms with E-state index in [1.54, 1.807) is 0 Å². The number of thiophene rings is 1. The SMILES string of the molecule is CC1(C)c2cc(-c3cc(N(c4ccccc4)c4cc(-c5ccccc5)cc(-c5ccccc5)c4)cc(N(c4cccc(-c5ccccc5)c4)c4ccc5sc6ccccc6c5c4)c3)ccc2-c2cc3ccccc3cc21. The molecule has 0 unspecified atom stereocenters. The standard InChI is InChI=1S/C73H52N2S/c1-73(2)69-46-55(34-36-65(69)67-44-53-26-15-16-27-54(53)45-70(67)73)58-42-63(74(59-29-13-6-14-30-59)62-40-56(50-22-9-4-10-23-50)38-57(41-62)51-24-11-5-12-25-51)47-64(43-58)75(60-31-19-28-52(39-60)49-20-7-3-8-21-49)61-35-37-72-68(48-61)66-32-17-18-33-71(66)76-72/h3-48H,1-2H3. The number of fused-ring (bicyclic) bond motifs is 7. The third-order valence-corrected chi connectivity index (χ3v) is 16.7. The van der Waals surface area contributed by atoms with Crippen LogP contribution in [0.1, 0.15) is 25.0 Å². The molecular formula is C73H52N2S. The van der Waals surface area contributed by atoms with Crippen molar-refractivity contribution in [2.24, 2.45) is 0 Å². The minimum absolute atomic E-state index is 0.213. The Labute approximate surface area is 448 Å². The van der Waals surface area contributed by atoms with Crippen LogP contribution in [0.2, 0.25) is 0 Å². The van der Waals surface area contributed by atoms with Crippen LogP contribution in [0.3, 0.4) is 0 Å². The van der Waals surface area contributed by atoms with E-state index in [0.717, 1.165) is 56.4 Å². The summed E-state index contributed by atoms with van der Waals surface area (Å²) in [5, 5.41) is 5.07. The maximum absolute atomic E-state index is 2.48. The molecule has 0 aliphatic heterocycles. The Bertz CT molecular complexity index is 4250. The van der Waals surface area contributed by atoms with Crippen LogP contribution in [0, 0.1) is 0 Å². The number of para-hydroxylation sites is 1. The number of hydrogen-bond acceptors (Lipinski definition) is 3. The fourth-order valence-corrected chi connectivity index (χ4v) is 12.8. The summed E-state index contributed by atoms with van der Waals surface area (Å²) in [6, 6.07) is 103. The molecule has 0 atom stereocenters. The lowest BCUT2D eigenvalue weighted by molar-refractivity contribution is 0.661. The summed E-state index contributed by atoms with van der Waals surface area (Å²) < 4.78 is 2.56. The lowest BCUT2D eigenvalue weighted by atomic mass is 9.81. The number of nitrogens with zero attached hydrogens (tertiary/aromatic N) is 2. The summed E-state index contributed by atoms with van der Waals surface area (Å²) in [5.74, 6) is 0. The van der Waals surface area contributed by atoms with Gasteiger partial charge in [0.1, 0.15) is 0 Å². The normalized spacial score (nSPS) is 12.4. The predicted octanol–water partition coefficient (Wildman–Crippen LogP) is 21.1. The van der Waals surface area contributed by atoms with Gasteiger partial charge in [-0.2, -0.15) is 0 Å². The average Bonchev–Trinajstić information content (AvgIpc) is 4.00. The highest BCUT2D eigenvalue weighted by atomic mass is 32.1. The molecule has 1 aliphatic carbocycles. The van der Waals surface area contributed by atoms with Crippen LogP contribution in [0.5, 0.6) is 0 Å². The van der Waals surface area contributed by atoms with E-state index in [0.29, 0.717) is 0 Å². The molecule has 14 rings (SSSR count). The Kier molecular flexibility index (Phi) is 11.1. The van der Waals surface area contributed by atoms with Gasteiger partial charge in [0.05, 0.1) is 0 Å². The minimum atomic E-state index is -0.213. The first-order chi connectivity index (χ1) is 37.4. The molecule has 1 aromatic heterocycles. The van der Waals surface area contributed by atoms with Gasteiger partial charge in [0, 0.05) is 59.7 Å². The van der Waals surface area contributed by atoms with Crippen molar-refractivity contribution >= 4 is 76.4 Å². The molecule has 0 saturated heterocycles. The van der Waals surface area contributed by atoms with E-state index in [2.05, 4.69) is 303 Å². The molecule has 0 fully saturated rings. The van der Waals surface area contributed by atoms with Crippen molar-refractivity contribution in [3.63, 3.8) is 0 Å². The topological polar surface area (TPSA) is 6.48 Å². The second kappa shape index (κ2) is 18.6. The van der Waals surface area contributed by atoms with Crippen LogP contribution in [-0.2, 0) is 5.41 Å². The van der Waals surface area contributed by atoms with Crippen molar-refractivity contribution in [2.75, 3.05) is 9.80 Å². The number of rotatable bonds is 10. The van der Waals surface area contributed by atoms with Crippen LogP contribution in [0.15, 0.2) is 279 Å². The van der Waals surface area contributed by atoms with Gasteiger partial charge in [-0.05, 0) is 181 Å². The minimum Gasteiger partial charge on any atom is -0.310 e. The fraction of sp³-hybridized carbons (Fsp3) is 0.0411. The lowest BCUT2D eigenvalue weighted by Crippen LogP contribution is -2.15. The highest BCUT2D eigenvalue weighted by Crippen LogP contribution is 2.52. The summed E-state index contributed by atoms with van der Waals surface area (Å²) >= 11 is 1.85. The monoisotopic (exact) mass is 988 g/mol. The van der Waals surface area contributed by atoms with Gasteiger partial charge >= 0.3 is 0 Å². The van der Waals surface area contributed by atoms with Crippen LogP contribution in [0.4, 0.5) is 34.1 Å². The molecule has 13 aromatic rings. The molecule has 0 spiro atoms. The summed E-state index contributed by atoms with van der Waals surface area (Å²) in [4.78, 5) is 4.93. The van der Waals surface area contributed by atoms with Crippen molar-refractivity contribution in [3.8, 4) is 55.6 Å². The molecule has 0 amide bonds. The molecule has 1 heterocycles. The van der Waals surface area contributed by atoms with Gasteiger partial charge in [-0.15, -0.1) is 11.3 Å². The smallest absolute Gasteiger partial charge is 0.0488 e. The predicted molar refractivity (Wildman–Crippen MR) is 326 cm³/mol. The Morgan fingerprint density at radius 1 is 0.263 bits per heavy atom. The summed E-state index contributed by atoms with van der Waals surface area (Å²) in [5.41, 5.74) is 20.8. The molecule has 3 heteroatoms. The van der Waals surface area contributed by atoms with Gasteiger partial charge in [0.2, 0.25) is 0 Å². The second-order valence-electron chi connectivity index (χ2n) is 20.6. The van der Waals surface area contributed by atoms with Crippen molar-refractivity contribution in [1.82, 2.24) is 0 Å². The van der Waals surface area contributed by atoms with Crippen molar-refractivity contribution in [1.29, 1.82) is 0 Å². The maximum atomic E-state index is 2.48. The van der Waals surface area contributed by atoms with Crippen LogP contribution < -0.4 is 9.80 Å². The molecule has 360 valence electrons. The van der Waals surface area contributed by atoms with E-state index in [1.807, 2.05) is 11.3 Å². The molecular weight excluding hydrogens is 937 g/mol. The first kappa shape index (κ1) is 45.3. The van der Waals surface area contributed by atoms with E-state index in [-0.39, 0.29) is 5.41 Å². The molecule has 0 N–H and O–H groups in total. The van der Waals surface area contributed by atoms with E-state index < -0.39 is 0 Å². The van der Waals surface area contributed by atoms with Crippen LogP contribution >= 0.6 is 11.3 Å². The van der Waals surface area contributed by atoms with E-state index in [1.165, 1.54) is 75.5 Å². The van der Waals surface area contributed by atoms with Gasteiger partial charge < -0.3 is 9.80 Å². The highest BCUT2D eigenvalue weighted by molar-refractivity contribution is 7.25.